The van der Waals surface area contributed by atoms with E-state index < -0.39 is 0 Å². The van der Waals surface area contributed by atoms with Gasteiger partial charge in [0.05, 0.1) is 6.10 Å². The van der Waals surface area contributed by atoms with Gasteiger partial charge in [0.15, 0.2) is 0 Å². The molecule has 0 saturated heterocycles. The lowest BCUT2D eigenvalue weighted by molar-refractivity contribution is 0.185. The van der Waals surface area contributed by atoms with Crippen LogP contribution in [0.2, 0.25) is 5.02 Å². The summed E-state index contributed by atoms with van der Waals surface area (Å²) in [4.78, 5) is 0. The minimum atomic E-state index is -0.313. The molecule has 1 rings (SSSR count). The Hall–Kier alpha value is -0.570. The van der Waals surface area contributed by atoms with Gasteiger partial charge in [0.1, 0.15) is 0 Å². The van der Waals surface area contributed by atoms with Crippen LogP contribution < -0.4 is 5.32 Å². The van der Waals surface area contributed by atoms with Gasteiger partial charge in [-0.1, -0.05) is 37.1 Å². The molecule has 90 valence electrons. The van der Waals surface area contributed by atoms with E-state index in [4.69, 9.17) is 11.6 Å². The summed E-state index contributed by atoms with van der Waals surface area (Å²) in [6, 6.07) is 8.19. The average Bonchev–Trinajstić information content (AvgIpc) is 2.25. The fourth-order valence-electron chi connectivity index (χ4n) is 1.68. The van der Waals surface area contributed by atoms with E-state index in [1.54, 1.807) is 6.92 Å². The van der Waals surface area contributed by atoms with Gasteiger partial charge in [-0.05, 0) is 31.0 Å². The number of halogens is 1. The van der Waals surface area contributed by atoms with Gasteiger partial charge in [-0.15, -0.1) is 0 Å². The van der Waals surface area contributed by atoms with E-state index in [2.05, 4.69) is 12.2 Å². The molecule has 0 saturated carbocycles. The summed E-state index contributed by atoms with van der Waals surface area (Å²) < 4.78 is 0. The molecule has 2 atom stereocenters. The molecule has 0 amide bonds. The van der Waals surface area contributed by atoms with Gasteiger partial charge in [0.2, 0.25) is 0 Å². The van der Waals surface area contributed by atoms with Gasteiger partial charge in [0, 0.05) is 17.6 Å². The highest BCUT2D eigenvalue weighted by molar-refractivity contribution is 6.30. The lowest BCUT2D eigenvalue weighted by Crippen LogP contribution is -2.28. The van der Waals surface area contributed by atoms with Crippen molar-refractivity contribution in [3.8, 4) is 0 Å². The molecule has 0 bridgehead atoms. The summed E-state index contributed by atoms with van der Waals surface area (Å²) in [5.74, 6) is 0. The number of hydrogen-bond donors (Lipinski definition) is 2. The molecule has 0 heterocycles. The number of hydrogen-bond acceptors (Lipinski definition) is 2. The highest BCUT2D eigenvalue weighted by Crippen LogP contribution is 2.20. The monoisotopic (exact) mass is 241 g/mol. The first kappa shape index (κ1) is 13.5. The molecule has 0 fully saturated rings. The second-order valence-corrected chi connectivity index (χ2v) is 4.59. The molecule has 2 N–H and O–H groups in total. The molecule has 2 nitrogen and oxygen atoms in total. The third-order valence-electron chi connectivity index (χ3n) is 2.51. The van der Waals surface area contributed by atoms with Gasteiger partial charge >= 0.3 is 0 Å². The van der Waals surface area contributed by atoms with Crippen molar-refractivity contribution in [1.29, 1.82) is 0 Å². The Morgan fingerprint density at radius 3 is 2.44 bits per heavy atom. The molecule has 1 aromatic rings. The first-order valence-electron chi connectivity index (χ1n) is 5.80. The van der Waals surface area contributed by atoms with Crippen LogP contribution in [0.5, 0.6) is 0 Å². The van der Waals surface area contributed by atoms with Crippen molar-refractivity contribution < 1.29 is 5.11 Å². The van der Waals surface area contributed by atoms with Crippen molar-refractivity contribution in [2.75, 3.05) is 6.54 Å². The molecular formula is C13H20ClNO. The lowest BCUT2D eigenvalue weighted by Gasteiger charge is -2.19. The maximum Gasteiger partial charge on any atom is 0.0636 e. The Kier molecular flexibility index (Phi) is 5.81. The molecule has 0 aliphatic rings. The fraction of sp³-hybridized carbons (Fsp3) is 0.538. The molecule has 0 spiro atoms. The van der Waals surface area contributed by atoms with Crippen LogP contribution in [0.15, 0.2) is 24.3 Å². The van der Waals surface area contributed by atoms with E-state index in [1.165, 1.54) is 5.56 Å². The van der Waals surface area contributed by atoms with Crippen molar-refractivity contribution in [1.82, 2.24) is 5.32 Å². The number of rotatable bonds is 6. The van der Waals surface area contributed by atoms with Crippen LogP contribution in [0.1, 0.15) is 38.3 Å². The zero-order chi connectivity index (χ0) is 12.0. The first-order valence-corrected chi connectivity index (χ1v) is 6.18. The highest BCUT2D eigenvalue weighted by atomic mass is 35.5. The number of nitrogens with one attached hydrogen (secondary N) is 1. The zero-order valence-corrected chi connectivity index (χ0v) is 10.7. The van der Waals surface area contributed by atoms with Crippen LogP contribution in [0.4, 0.5) is 0 Å². The average molecular weight is 242 g/mol. The molecular weight excluding hydrogens is 222 g/mol. The predicted octanol–water partition coefficient (Wildman–Crippen LogP) is 3.15. The van der Waals surface area contributed by atoms with Crippen LogP contribution in [0.3, 0.4) is 0 Å². The van der Waals surface area contributed by atoms with Gasteiger partial charge in [-0.25, -0.2) is 0 Å². The van der Waals surface area contributed by atoms with E-state index in [9.17, 15) is 5.11 Å². The third kappa shape index (κ3) is 4.52. The smallest absolute Gasteiger partial charge is 0.0636 e. The highest BCUT2D eigenvalue weighted by Gasteiger charge is 2.10. The van der Waals surface area contributed by atoms with Crippen molar-refractivity contribution in [2.45, 2.75) is 38.8 Å². The third-order valence-corrected chi connectivity index (χ3v) is 2.76. The topological polar surface area (TPSA) is 32.3 Å². The standard InChI is InChI=1S/C13H20ClNO/c1-3-4-13(15-9-10(2)16)11-5-7-12(14)8-6-11/h5-8,10,13,15-16H,3-4,9H2,1-2H3/t10-,13?/m1/s1. The normalized spacial score (nSPS) is 14.8. The quantitative estimate of drug-likeness (QED) is 0.802. The Balaban J connectivity index is 2.64. The fourth-order valence-corrected chi connectivity index (χ4v) is 1.81. The van der Waals surface area contributed by atoms with E-state index >= 15 is 0 Å². The Labute approximate surface area is 103 Å². The Bertz CT molecular complexity index is 297. The maximum absolute atomic E-state index is 9.28. The van der Waals surface area contributed by atoms with Crippen molar-refractivity contribution >= 4 is 11.6 Å². The lowest BCUT2D eigenvalue weighted by atomic mass is 10.0. The van der Waals surface area contributed by atoms with Crippen molar-refractivity contribution in [3.63, 3.8) is 0 Å². The van der Waals surface area contributed by atoms with Crippen LogP contribution in [0.25, 0.3) is 0 Å². The minimum absolute atomic E-state index is 0.303. The van der Waals surface area contributed by atoms with E-state index in [-0.39, 0.29) is 6.10 Å². The summed E-state index contributed by atoms with van der Waals surface area (Å²) in [6.07, 6.45) is 1.86. The molecule has 1 aromatic carbocycles. The Morgan fingerprint density at radius 1 is 1.31 bits per heavy atom. The van der Waals surface area contributed by atoms with E-state index in [0.29, 0.717) is 12.6 Å². The molecule has 0 aliphatic carbocycles. The molecule has 1 unspecified atom stereocenters. The number of aliphatic hydroxyl groups is 1. The zero-order valence-electron chi connectivity index (χ0n) is 9.91. The first-order chi connectivity index (χ1) is 7.63. The van der Waals surface area contributed by atoms with Gasteiger partial charge in [-0.2, -0.15) is 0 Å². The van der Waals surface area contributed by atoms with Crippen LogP contribution in [-0.2, 0) is 0 Å². The molecule has 0 aliphatic heterocycles. The molecule has 0 radical (unpaired) electrons. The number of benzene rings is 1. The summed E-state index contributed by atoms with van der Waals surface area (Å²) in [6.45, 7) is 4.57. The summed E-state index contributed by atoms with van der Waals surface area (Å²) in [5, 5.41) is 13.4. The van der Waals surface area contributed by atoms with Crippen molar-refractivity contribution in [3.05, 3.63) is 34.9 Å². The SMILES string of the molecule is CCCC(NC[C@@H](C)O)c1ccc(Cl)cc1. The minimum Gasteiger partial charge on any atom is -0.392 e. The predicted molar refractivity (Wildman–Crippen MR) is 68.8 cm³/mol. The van der Waals surface area contributed by atoms with Crippen molar-refractivity contribution in [2.24, 2.45) is 0 Å². The van der Waals surface area contributed by atoms with Crippen LogP contribution >= 0.6 is 11.6 Å². The van der Waals surface area contributed by atoms with Gasteiger partial charge in [-0.3, -0.25) is 0 Å². The van der Waals surface area contributed by atoms with E-state index in [1.807, 2.05) is 24.3 Å². The second kappa shape index (κ2) is 6.89. The summed E-state index contributed by atoms with van der Waals surface area (Å²) >= 11 is 5.86. The second-order valence-electron chi connectivity index (χ2n) is 4.15. The summed E-state index contributed by atoms with van der Waals surface area (Å²) in [7, 11) is 0. The molecule has 0 aromatic heterocycles. The van der Waals surface area contributed by atoms with Crippen LogP contribution in [0, 0.1) is 0 Å². The molecule has 16 heavy (non-hydrogen) atoms. The molecule has 3 heteroatoms. The van der Waals surface area contributed by atoms with E-state index in [0.717, 1.165) is 17.9 Å². The number of aliphatic hydroxyl groups excluding tert-OH is 1. The van der Waals surface area contributed by atoms with Gasteiger partial charge in [0.25, 0.3) is 0 Å². The van der Waals surface area contributed by atoms with Gasteiger partial charge < -0.3 is 10.4 Å². The Morgan fingerprint density at radius 2 is 1.94 bits per heavy atom. The van der Waals surface area contributed by atoms with Crippen LogP contribution in [-0.4, -0.2) is 17.8 Å². The maximum atomic E-state index is 9.28. The summed E-state index contributed by atoms with van der Waals surface area (Å²) in [5.41, 5.74) is 1.23. The largest absolute Gasteiger partial charge is 0.392 e.